The van der Waals surface area contributed by atoms with Gasteiger partial charge in [0.15, 0.2) is 0 Å². The fourth-order valence-corrected chi connectivity index (χ4v) is 3.65. The van der Waals surface area contributed by atoms with Gasteiger partial charge in [0.2, 0.25) is 0 Å². The summed E-state index contributed by atoms with van der Waals surface area (Å²) in [7, 11) is 0. The Kier molecular flexibility index (Phi) is 4.85. The van der Waals surface area contributed by atoms with Crippen LogP contribution >= 0.6 is 15.9 Å². The second kappa shape index (κ2) is 6.21. The SMILES string of the molecule is CCC1CCCC(CN)(Cc2ccc(Br)cc2)C1. The number of rotatable bonds is 4. The van der Waals surface area contributed by atoms with E-state index in [2.05, 4.69) is 47.1 Å². The molecule has 2 atom stereocenters. The van der Waals surface area contributed by atoms with Crippen LogP contribution in [0.3, 0.4) is 0 Å². The molecule has 0 heterocycles. The van der Waals surface area contributed by atoms with E-state index in [0.717, 1.165) is 23.4 Å². The number of hydrogen-bond donors (Lipinski definition) is 1. The Morgan fingerprint density at radius 2 is 2.06 bits per heavy atom. The maximum absolute atomic E-state index is 6.12. The van der Waals surface area contributed by atoms with Crippen LogP contribution in [-0.2, 0) is 6.42 Å². The van der Waals surface area contributed by atoms with Crippen molar-refractivity contribution in [1.29, 1.82) is 0 Å². The van der Waals surface area contributed by atoms with E-state index in [4.69, 9.17) is 5.73 Å². The average molecular weight is 310 g/mol. The van der Waals surface area contributed by atoms with Crippen molar-refractivity contribution in [2.75, 3.05) is 6.54 Å². The lowest BCUT2D eigenvalue weighted by Gasteiger charge is -2.40. The number of nitrogens with two attached hydrogens (primary N) is 1. The normalized spacial score (nSPS) is 28.3. The zero-order valence-corrected chi connectivity index (χ0v) is 12.9. The van der Waals surface area contributed by atoms with Gasteiger partial charge < -0.3 is 5.73 Å². The van der Waals surface area contributed by atoms with E-state index in [1.807, 2.05) is 0 Å². The lowest BCUT2D eigenvalue weighted by Crippen LogP contribution is -2.37. The van der Waals surface area contributed by atoms with Gasteiger partial charge in [0.1, 0.15) is 0 Å². The summed E-state index contributed by atoms with van der Waals surface area (Å²) in [5.41, 5.74) is 7.91. The second-order valence-electron chi connectivity index (χ2n) is 5.88. The van der Waals surface area contributed by atoms with E-state index in [0.29, 0.717) is 5.41 Å². The molecule has 0 bridgehead atoms. The highest BCUT2D eigenvalue weighted by molar-refractivity contribution is 9.10. The van der Waals surface area contributed by atoms with E-state index in [9.17, 15) is 0 Å². The van der Waals surface area contributed by atoms with Crippen LogP contribution in [0.2, 0.25) is 0 Å². The van der Waals surface area contributed by atoms with Gasteiger partial charge in [-0.2, -0.15) is 0 Å². The minimum atomic E-state index is 0.354. The third kappa shape index (κ3) is 3.36. The molecule has 1 nitrogen and oxygen atoms in total. The Balaban J connectivity index is 2.09. The van der Waals surface area contributed by atoms with Gasteiger partial charge in [-0.05, 0) is 54.8 Å². The van der Waals surface area contributed by atoms with Crippen molar-refractivity contribution in [3.8, 4) is 0 Å². The van der Waals surface area contributed by atoms with Crippen LogP contribution in [0.15, 0.2) is 28.7 Å². The minimum Gasteiger partial charge on any atom is -0.330 e. The number of halogens is 1. The summed E-state index contributed by atoms with van der Waals surface area (Å²) in [5, 5.41) is 0. The van der Waals surface area contributed by atoms with Crippen molar-refractivity contribution in [3.05, 3.63) is 34.3 Å². The van der Waals surface area contributed by atoms with Crippen molar-refractivity contribution in [1.82, 2.24) is 0 Å². The molecule has 1 fully saturated rings. The molecule has 1 aromatic rings. The van der Waals surface area contributed by atoms with Gasteiger partial charge in [0, 0.05) is 4.47 Å². The minimum absolute atomic E-state index is 0.354. The molecule has 2 N–H and O–H groups in total. The van der Waals surface area contributed by atoms with Crippen molar-refractivity contribution in [3.63, 3.8) is 0 Å². The van der Waals surface area contributed by atoms with Crippen molar-refractivity contribution < 1.29 is 0 Å². The molecule has 0 saturated heterocycles. The fraction of sp³-hybridized carbons (Fsp3) is 0.625. The molecule has 0 aliphatic heterocycles. The lowest BCUT2D eigenvalue weighted by atomic mass is 9.66. The third-order valence-electron chi connectivity index (χ3n) is 4.54. The Labute approximate surface area is 119 Å². The predicted molar refractivity (Wildman–Crippen MR) is 81.6 cm³/mol. The lowest BCUT2D eigenvalue weighted by molar-refractivity contribution is 0.142. The third-order valence-corrected chi connectivity index (χ3v) is 5.07. The average Bonchev–Trinajstić information content (AvgIpc) is 2.42. The molecule has 0 amide bonds. The van der Waals surface area contributed by atoms with Gasteiger partial charge >= 0.3 is 0 Å². The Morgan fingerprint density at radius 3 is 2.67 bits per heavy atom. The molecule has 0 spiro atoms. The van der Waals surface area contributed by atoms with Crippen molar-refractivity contribution in [2.24, 2.45) is 17.1 Å². The summed E-state index contributed by atoms with van der Waals surface area (Å²) < 4.78 is 1.16. The molecular formula is C16H24BrN. The maximum atomic E-state index is 6.12. The van der Waals surface area contributed by atoms with Crippen molar-refractivity contribution >= 4 is 15.9 Å². The van der Waals surface area contributed by atoms with Crippen molar-refractivity contribution in [2.45, 2.75) is 45.4 Å². The first-order valence-corrected chi connectivity index (χ1v) is 7.91. The first-order valence-electron chi connectivity index (χ1n) is 7.12. The van der Waals surface area contributed by atoms with Crippen LogP contribution in [-0.4, -0.2) is 6.54 Å². The molecule has 2 unspecified atom stereocenters. The smallest absolute Gasteiger partial charge is 0.0175 e. The highest BCUT2D eigenvalue weighted by Crippen LogP contribution is 2.42. The fourth-order valence-electron chi connectivity index (χ4n) is 3.38. The van der Waals surface area contributed by atoms with Crippen LogP contribution in [0, 0.1) is 11.3 Å². The standard InChI is InChI=1S/C16H24BrN/c1-2-13-4-3-9-16(10-13,12-18)11-14-5-7-15(17)8-6-14/h5-8,13H,2-4,9-12,18H2,1H3. The Morgan fingerprint density at radius 1 is 1.33 bits per heavy atom. The highest BCUT2D eigenvalue weighted by atomic mass is 79.9. The maximum Gasteiger partial charge on any atom is 0.0175 e. The zero-order chi connectivity index (χ0) is 13.0. The van der Waals surface area contributed by atoms with Gasteiger partial charge in [0.25, 0.3) is 0 Å². The summed E-state index contributed by atoms with van der Waals surface area (Å²) in [6.07, 6.45) is 7.83. The topological polar surface area (TPSA) is 26.0 Å². The van der Waals surface area contributed by atoms with Gasteiger partial charge in [-0.1, -0.05) is 54.2 Å². The number of hydrogen-bond acceptors (Lipinski definition) is 1. The molecule has 1 aliphatic carbocycles. The Hall–Kier alpha value is -0.340. The second-order valence-corrected chi connectivity index (χ2v) is 6.79. The molecule has 1 saturated carbocycles. The van der Waals surface area contributed by atoms with Crippen LogP contribution < -0.4 is 5.73 Å². The van der Waals surface area contributed by atoms with Gasteiger partial charge in [-0.15, -0.1) is 0 Å². The Bertz CT molecular complexity index is 373. The summed E-state index contributed by atoms with van der Waals surface area (Å²) in [4.78, 5) is 0. The molecule has 0 aromatic heterocycles. The van der Waals surface area contributed by atoms with Crippen LogP contribution in [0.25, 0.3) is 0 Å². The van der Waals surface area contributed by atoms with E-state index >= 15 is 0 Å². The monoisotopic (exact) mass is 309 g/mol. The first-order chi connectivity index (χ1) is 8.67. The summed E-state index contributed by atoms with van der Waals surface area (Å²) in [6, 6.07) is 8.74. The van der Waals surface area contributed by atoms with Crippen LogP contribution in [0.5, 0.6) is 0 Å². The van der Waals surface area contributed by atoms with Gasteiger partial charge in [-0.25, -0.2) is 0 Å². The van der Waals surface area contributed by atoms with Crippen LogP contribution in [0.4, 0.5) is 0 Å². The predicted octanol–water partition coefficient (Wildman–Crippen LogP) is 4.54. The highest BCUT2D eigenvalue weighted by Gasteiger charge is 2.34. The van der Waals surface area contributed by atoms with Gasteiger partial charge in [-0.3, -0.25) is 0 Å². The molecular weight excluding hydrogens is 286 g/mol. The largest absolute Gasteiger partial charge is 0.330 e. The molecule has 18 heavy (non-hydrogen) atoms. The number of benzene rings is 1. The molecule has 100 valence electrons. The quantitative estimate of drug-likeness (QED) is 0.868. The first kappa shape index (κ1) is 14.1. The van der Waals surface area contributed by atoms with Crippen LogP contribution in [0.1, 0.15) is 44.6 Å². The summed E-state index contributed by atoms with van der Waals surface area (Å²) in [6.45, 7) is 3.15. The molecule has 1 aliphatic rings. The van der Waals surface area contributed by atoms with E-state index in [1.54, 1.807) is 0 Å². The summed E-state index contributed by atoms with van der Waals surface area (Å²) in [5.74, 6) is 0.887. The van der Waals surface area contributed by atoms with E-state index in [1.165, 1.54) is 37.7 Å². The molecule has 1 aromatic carbocycles. The zero-order valence-electron chi connectivity index (χ0n) is 11.3. The van der Waals surface area contributed by atoms with Gasteiger partial charge in [0.05, 0.1) is 0 Å². The molecule has 2 rings (SSSR count). The van der Waals surface area contributed by atoms with E-state index < -0.39 is 0 Å². The van der Waals surface area contributed by atoms with E-state index in [-0.39, 0.29) is 0 Å². The summed E-state index contributed by atoms with van der Waals surface area (Å²) >= 11 is 3.50. The molecule has 0 radical (unpaired) electrons. The molecule has 2 heteroatoms.